The average Bonchev–Trinajstić information content (AvgIpc) is 2.71. The van der Waals surface area contributed by atoms with Gasteiger partial charge >= 0.3 is 10.2 Å². The molecule has 0 aliphatic rings. The van der Waals surface area contributed by atoms with Gasteiger partial charge in [-0.05, 0) is 55.2 Å². The highest BCUT2D eigenvalue weighted by molar-refractivity contribution is 8.45. The van der Waals surface area contributed by atoms with Crippen molar-refractivity contribution in [2.75, 3.05) is 5.32 Å². The molecule has 0 spiro atoms. The van der Waals surface area contributed by atoms with Crippen molar-refractivity contribution in [3.05, 3.63) is 54.6 Å². The first-order chi connectivity index (χ1) is 14.9. The van der Waals surface area contributed by atoms with E-state index in [0.717, 1.165) is 43.2 Å². The minimum absolute atomic E-state index is 0.202. The Hall–Kier alpha value is -2.68. The smallest absolute Gasteiger partial charge is 0.310 e. The van der Waals surface area contributed by atoms with Crippen molar-refractivity contribution in [3.63, 3.8) is 0 Å². The summed E-state index contributed by atoms with van der Waals surface area (Å²) in [5.41, 5.74) is 1.41. The number of halogens is 5. The van der Waals surface area contributed by atoms with Crippen LogP contribution in [0.1, 0.15) is 39.5 Å². The first-order valence-corrected chi connectivity index (χ1v) is 12.4. The van der Waals surface area contributed by atoms with E-state index in [1.165, 1.54) is 0 Å². The van der Waals surface area contributed by atoms with Crippen molar-refractivity contribution >= 4 is 44.5 Å². The fraction of sp³-hybridized carbons (Fsp3) is 0.304. The summed E-state index contributed by atoms with van der Waals surface area (Å²) in [6.45, 7) is 4.22. The number of nitrogens with zero attached hydrogens (tertiary/aromatic N) is 2. The van der Waals surface area contributed by atoms with Gasteiger partial charge < -0.3 is 5.32 Å². The summed E-state index contributed by atoms with van der Waals surface area (Å²) >= 11 is 0. The summed E-state index contributed by atoms with van der Waals surface area (Å²) in [5.74, 6) is 0.646. The molecule has 0 saturated carbocycles. The van der Waals surface area contributed by atoms with Gasteiger partial charge in [-0.2, -0.15) is 0 Å². The highest BCUT2D eigenvalue weighted by Gasteiger charge is 2.65. The van der Waals surface area contributed by atoms with Crippen LogP contribution in [0.4, 0.5) is 36.6 Å². The molecule has 0 unspecified atom stereocenters. The molecule has 3 rings (SSSR count). The number of aliphatic imine (C=N–C) groups is 1. The maximum Gasteiger partial charge on any atom is 0.310 e. The molecule has 9 heteroatoms. The quantitative estimate of drug-likeness (QED) is 0.249. The lowest BCUT2D eigenvalue weighted by Gasteiger charge is -2.40. The second-order valence-electron chi connectivity index (χ2n) is 7.78. The maximum atomic E-state index is 13.0. The van der Waals surface area contributed by atoms with Crippen molar-refractivity contribution in [3.8, 4) is 0 Å². The molecule has 0 aliphatic carbocycles. The standard InChI is InChI=1S/C23H26F5N3S/c1-3-7-17(8-4-2)16-29-22-15-18-9-5-6-10-21(18)31-23(22)30-19-11-13-20(14-12-19)32(24,25,26,27)28/h5-6,9-17H,3-4,7-8H2,1-2H3,(H,30,31). The van der Waals surface area contributed by atoms with Crippen LogP contribution in [-0.4, -0.2) is 11.2 Å². The Morgan fingerprint density at radius 3 is 2.16 bits per heavy atom. The second-order valence-corrected chi connectivity index (χ2v) is 10.2. The Morgan fingerprint density at radius 1 is 0.938 bits per heavy atom. The molecule has 32 heavy (non-hydrogen) atoms. The van der Waals surface area contributed by atoms with E-state index < -0.39 is 15.1 Å². The van der Waals surface area contributed by atoms with Gasteiger partial charge in [-0.25, -0.2) is 4.98 Å². The van der Waals surface area contributed by atoms with Crippen molar-refractivity contribution in [2.24, 2.45) is 10.9 Å². The Morgan fingerprint density at radius 2 is 1.56 bits per heavy atom. The van der Waals surface area contributed by atoms with Crippen molar-refractivity contribution in [2.45, 2.75) is 44.4 Å². The van der Waals surface area contributed by atoms with Crippen molar-refractivity contribution in [1.82, 2.24) is 4.98 Å². The molecule has 2 aromatic carbocycles. The Labute approximate surface area is 184 Å². The molecular weight excluding hydrogens is 445 g/mol. The number of benzene rings is 2. The third-order valence-electron chi connectivity index (χ3n) is 5.01. The summed E-state index contributed by atoms with van der Waals surface area (Å²) in [6, 6.07) is 11.9. The monoisotopic (exact) mass is 471 g/mol. The zero-order valence-corrected chi connectivity index (χ0v) is 18.7. The molecule has 0 bridgehead atoms. The van der Waals surface area contributed by atoms with E-state index in [0.29, 0.717) is 35.1 Å². The van der Waals surface area contributed by atoms with Crippen LogP contribution in [0.25, 0.3) is 10.9 Å². The van der Waals surface area contributed by atoms with Crippen LogP contribution in [-0.2, 0) is 0 Å². The van der Waals surface area contributed by atoms with E-state index in [9.17, 15) is 19.4 Å². The van der Waals surface area contributed by atoms with Crippen LogP contribution < -0.4 is 5.32 Å². The van der Waals surface area contributed by atoms with E-state index in [4.69, 9.17) is 0 Å². The first-order valence-electron chi connectivity index (χ1n) is 10.4. The molecular formula is C23H26F5N3S. The SMILES string of the molecule is CCCC(C=Nc1cc2ccccc2nc1Nc1ccc(S(F)(F)(F)(F)F)cc1)CCC. The van der Waals surface area contributed by atoms with Gasteiger partial charge in [-0.15, -0.1) is 0 Å². The lowest BCUT2D eigenvalue weighted by molar-refractivity contribution is 0.364. The number of hydrogen-bond acceptors (Lipinski definition) is 3. The predicted molar refractivity (Wildman–Crippen MR) is 124 cm³/mol. The maximum absolute atomic E-state index is 13.0. The zero-order chi connectivity index (χ0) is 23.5. The molecule has 0 radical (unpaired) electrons. The summed E-state index contributed by atoms with van der Waals surface area (Å²) < 4.78 is 65.0. The summed E-state index contributed by atoms with van der Waals surface area (Å²) in [6.07, 6.45) is 5.93. The Bertz CT molecular complexity index is 1110. The number of pyridine rings is 1. The number of aromatic nitrogens is 1. The van der Waals surface area contributed by atoms with E-state index in [1.54, 1.807) is 0 Å². The largest absolute Gasteiger partial charge is 0.338 e. The third kappa shape index (κ3) is 6.18. The highest BCUT2D eigenvalue weighted by Crippen LogP contribution is 3.02. The van der Waals surface area contributed by atoms with Gasteiger partial charge in [0, 0.05) is 17.3 Å². The Kier molecular flexibility index (Phi) is 6.25. The van der Waals surface area contributed by atoms with Crippen LogP contribution in [0.15, 0.2) is 64.5 Å². The van der Waals surface area contributed by atoms with Gasteiger partial charge in [0.05, 0.1) is 5.52 Å². The lowest BCUT2D eigenvalue weighted by atomic mass is 10.00. The number of hydrogen-bond donors (Lipinski definition) is 1. The van der Waals surface area contributed by atoms with E-state index in [1.807, 2.05) is 36.5 Å². The number of para-hydroxylation sites is 1. The second kappa shape index (κ2) is 8.35. The third-order valence-corrected chi connectivity index (χ3v) is 6.17. The molecule has 0 fully saturated rings. The normalized spacial score (nSPS) is 14.6. The highest BCUT2D eigenvalue weighted by atomic mass is 32.5. The van der Waals surface area contributed by atoms with Crippen LogP contribution in [0, 0.1) is 5.92 Å². The van der Waals surface area contributed by atoms with Crippen molar-refractivity contribution < 1.29 is 19.4 Å². The molecule has 0 aliphatic heterocycles. The average molecular weight is 472 g/mol. The van der Waals surface area contributed by atoms with E-state index in [2.05, 4.69) is 29.1 Å². The lowest BCUT2D eigenvalue weighted by Crippen LogP contribution is -2.06. The minimum Gasteiger partial charge on any atom is -0.338 e. The number of fused-ring (bicyclic) bond motifs is 1. The molecule has 1 heterocycles. The van der Waals surface area contributed by atoms with Crippen LogP contribution in [0.3, 0.4) is 0 Å². The van der Waals surface area contributed by atoms with Gasteiger partial charge in [0.2, 0.25) is 0 Å². The summed E-state index contributed by atoms with van der Waals surface area (Å²) in [4.78, 5) is 7.25. The molecule has 1 aromatic heterocycles. The molecule has 0 atom stereocenters. The Balaban J connectivity index is 1.97. The van der Waals surface area contributed by atoms with Gasteiger partial charge in [0.15, 0.2) is 5.82 Å². The minimum atomic E-state index is -9.71. The van der Waals surface area contributed by atoms with Gasteiger partial charge in [0.25, 0.3) is 0 Å². The molecule has 0 amide bonds. The number of rotatable bonds is 9. The zero-order valence-electron chi connectivity index (χ0n) is 17.9. The fourth-order valence-corrected chi connectivity index (χ4v) is 4.10. The molecule has 1 N–H and O–H groups in total. The van der Waals surface area contributed by atoms with E-state index in [-0.39, 0.29) is 5.69 Å². The molecule has 3 nitrogen and oxygen atoms in total. The number of anilines is 2. The van der Waals surface area contributed by atoms with Gasteiger partial charge in [0.1, 0.15) is 10.6 Å². The van der Waals surface area contributed by atoms with E-state index >= 15 is 0 Å². The van der Waals surface area contributed by atoms with Crippen LogP contribution >= 0.6 is 10.2 Å². The van der Waals surface area contributed by atoms with Crippen molar-refractivity contribution in [1.29, 1.82) is 0 Å². The van der Waals surface area contributed by atoms with Gasteiger partial charge in [-0.1, -0.05) is 64.3 Å². The fourth-order valence-electron chi connectivity index (χ4n) is 3.45. The first kappa shape index (κ1) is 24.0. The number of nitrogens with one attached hydrogen (secondary N) is 1. The molecule has 174 valence electrons. The molecule has 0 saturated heterocycles. The van der Waals surface area contributed by atoms with Gasteiger partial charge in [-0.3, -0.25) is 4.99 Å². The topological polar surface area (TPSA) is 37.3 Å². The summed E-state index contributed by atoms with van der Waals surface area (Å²) in [7, 11) is -9.71. The predicted octanol–water partition coefficient (Wildman–Crippen LogP) is 9.55. The molecule has 3 aromatic rings. The van der Waals surface area contributed by atoms with Crippen LogP contribution in [0.5, 0.6) is 0 Å². The summed E-state index contributed by atoms with van der Waals surface area (Å²) in [5, 5.41) is 3.80. The van der Waals surface area contributed by atoms with Crippen LogP contribution in [0.2, 0.25) is 0 Å².